The molecule has 1 unspecified atom stereocenters. The number of amides is 4. The van der Waals surface area contributed by atoms with Crippen LogP contribution in [0.5, 0.6) is 0 Å². The van der Waals surface area contributed by atoms with Crippen LogP contribution >= 0.6 is 11.6 Å². The van der Waals surface area contributed by atoms with E-state index in [-0.39, 0.29) is 39.6 Å². The van der Waals surface area contributed by atoms with Crippen molar-refractivity contribution in [3.8, 4) is 0 Å². The van der Waals surface area contributed by atoms with Crippen LogP contribution in [0.15, 0.2) is 47.4 Å². The standard InChI is InChI=1S/C19H14ClN3O6S/c20-13-3-1-2-4-15(13)30(28,29)22-10-5-6-11-12(9-10)19(27)23(18(11)26)14-7-8-16(24)21-17(14)25/h1-6,9,14,22H,7-8H2,(H,21,24,25). The molecule has 1 atom stereocenters. The molecule has 4 amide bonds. The average molecular weight is 448 g/mol. The molecule has 30 heavy (non-hydrogen) atoms. The number of imide groups is 2. The van der Waals surface area contributed by atoms with E-state index in [4.69, 9.17) is 11.6 Å². The number of halogens is 1. The minimum absolute atomic E-state index is 0.00664. The first-order chi connectivity index (χ1) is 14.2. The Morgan fingerprint density at radius 3 is 2.40 bits per heavy atom. The number of piperidine rings is 1. The molecule has 1 saturated heterocycles. The van der Waals surface area contributed by atoms with Crippen LogP contribution in [0, 0.1) is 0 Å². The van der Waals surface area contributed by atoms with Crippen molar-refractivity contribution in [3.63, 3.8) is 0 Å². The molecule has 0 aliphatic carbocycles. The molecule has 1 fully saturated rings. The Balaban J connectivity index is 1.63. The van der Waals surface area contributed by atoms with Crippen molar-refractivity contribution in [2.45, 2.75) is 23.8 Å². The Labute approximate surface area is 176 Å². The van der Waals surface area contributed by atoms with Gasteiger partial charge in [-0.3, -0.25) is 34.1 Å². The van der Waals surface area contributed by atoms with Gasteiger partial charge in [0.25, 0.3) is 21.8 Å². The summed E-state index contributed by atoms with van der Waals surface area (Å²) in [7, 11) is -4.03. The Morgan fingerprint density at radius 1 is 1.00 bits per heavy atom. The van der Waals surface area contributed by atoms with Gasteiger partial charge in [-0.25, -0.2) is 8.42 Å². The molecule has 4 rings (SSSR count). The summed E-state index contributed by atoms with van der Waals surface area (Å²) < 4.78 is 27.6. The molecular weight excluding hydrogens is 434 g/mol. The van der Waals surface area contributed by atoms with Crippen LogP contribution < -0.4 is 10.0 Å². The SMILES string of the molecule is O=C1CCC(N2C(=O)c3ccc(NS(=O)(=O)c4ccccc4Cl)cc3C2=O)C(=O)N1. The van der Waals surface area contributed by atoms with Crippen LogP contribution in [0.4, 0.5) is 5.69 Å². The molecule has 2 aliphatic rings. The topological polar surface area (TPSA) is 130 Å². The number of benzene rings is 2. The van der Waals surface area contributed by atoms with Gasteiger partial charge in [-0.1, -0.05) is 23.7 Å². The third-order valence-corrected chi connectivity index (χ3v) is 6.70. The number of sulfonamides is 1. The maximum absolute atomic E-state index is 12.8. The molecular formula is C19H14ClN3O6S. The third-order valence-electron chi connectivity index (χ3n) is 4.82. The Morgan fingerprint density at radius 2 is 1.70 bits per heavy atom. The Bertz CT molecular complexity index is 1230. The molecule has 0 aromatic heterocycles. The fourth-order valence-corrected chi connectivity index (χ4v) is 4.98. The molecule has 2 N–H and O–H groups in total. The van der Waals surface area contributed by atoms with Crippen molar-refractivity contribution < 1.29 is 27.6 Å². The fourth-order valence-electron chi connectivity index (χ4n) is 3.41. The van der Waals surface area contributed by atoms with E-state index < -0.39 is 39.7 Å². The summed E-state index contributed by atoms with van der Waals surface area (Å²) in [5.41, 5.74) is 0.0643. The zero-order chi connectivity index (χ0) is 21.6. The molecule has 2 heterocycles. The second-order valence-electron chi connectivity index (χ2n) is 6.74. The van der Waals surface area contributed by atoms with E-state index in [1.807, 2.05) is 0 Å². The van der Waals surface area contributed by atoms with E-state index in [2.05, 4.69) is 10.0 Å². The maximum atomic E-state index is 12.8. The van der Waals surface area contributed by atoms with Crippen molar-refractivity contribution in [2.24, 2.45) is 0 Å². The lowest BCUT2D eigenvalue weighted by Crippen LogP contribution is -2.54. The van der Waals surface area contributed by atoms with Crippen molar-refractivity contribution >= 4 is 50.9 Å². The zero-order valence-electron chi connectivity index (χ0n) is 15.2. The Hall–Kier alpha value is -3.24. The number of rotatable bonds is 4. The first-order valence-electron chi connectivity index (χ1n) is 8.82. The van der Waals surface area contributed by atoms with E-state index in [0.717, 1.165) is 4.90 Å². The molecule has 154 valence electrons. The first kappa shape index (κ1) is 20.0. The van der Waals surface area contributed by atoms with Crippen LogP contribution in [0.2, 0.25) is 5.02 Å². The molecule has 2 aromatic carbocycles. The van der Waals surface area contributed by atoms with E-state index in [1.54, 1.807) is 6.07 Å². The number of nitrogens with zero attached hydrogens (tertiary/aromatic N) is 1. The number of carbonyl (C=O) groups excluding carboxylic acids is 4. The van der Waals surface area contributed by atoms with Crippen molar-refractivity contribution in [1.82, 2.24) is 10.2 Å². The van der Waals surface area contributed by atoms with Gasteiger partial charge in [-0.15, -0.1) is 0 Å². The highest BCUT2D eigenvalue weighted by atomic mass is 35.5. The summed E-state index contributed by atoms with van der Waals surface area (Å²) in [6.45, 7) is 0. The lowest BCUT2D eigenvalue weighted by Gasteiger charge is -2.27. The van der Waals surface area contributed by atoms with Gasteiger partial charge in [0.05, 0.1) is 16.1 Å². The summed E-state index contributed by atoms with van der Waals surface area (Å²) in [4.78, 5) is 49.6. The molecule has 0 radical (unpaired) electrons. The molecule has 2 aliphatic heterocycles. The monoisotopic (exact) mass is 447 g/mol. The number of hydrogen-bond donors (Lipinski definition) is 2. The largest absolute Gasteiger partial charge is 0.295 e. The first-order valence-corrected chi connectivity index (χ1v) is 10.7. The van der Waals surface area contributed by atoms with Crippen LogP contribution in [0.25, 0.3) is 0 Å². The lowest BCUT2D eigenvalue weighted by molar-refractivity contribution is -0.136. The molecule has 0 spiro atoms. The summed E-state index contributed by atoms with van der Waals surface area (Å²) >= 11 is 5.95. The zero-order valence-corrected chi connectivity index (χ0v) is 16.8. The second-order valence-corrected chi connectivity index (χ2v) is 8.80. The average Bonchev–Trinajstić information content (AvgIpc) is 2.92. The van der Waals surface area contributed by atoms with Gasteiger partial charge < -0.3 is 0 Å². The van der Waals surface area contributed by atoms with Crippen LogP contribution in [-0.2, 0) is 19.6 Å². The highest BCUT2D eigenvalue weighted by Crippen LogP contribution is 2.31. The van der Waals surface area contributed by atoms with E-state index in [1.165, 1.54) is 36.4 Å². The van der Waals surface area contributed by atoms with Crippen LogP contribution in [-0.4, -0.2) is 43.0 Å². The summed E-state index contributed by atoms with van der Waals surface area (Å²) in [5.74, 6) is -2.60. The lowest BCUT2D eigenvalue weighted by atomic mass is 10.0. The van der Waals surface area contributed by atoms with Gasteiger partial charge in [0.1, 0.15) is 10.9 Å². The predicted octanol–water partition coefficient (Wildman–Crippen LogP) is 1.54. The van der Waals surface area contributed by atoms with Crippen molar-refractivity contribution in [1.29, 1.82) is 0 Å². The van der Waals surface area contributed by atoms with Crippen molar-refractivity contribution in [3.05, 3.63) is 58.6 Å². The van der Waals surface area contributed by atoms with Gasteiger partial charge in [-0.2, -0.15) is 0 Å². The third kappa shape index (κ3) is 3.33. The molecule has 9 nitrogen and oxygen atoms in total. The molecule has 0 bridgehead atoms. The molecule has 11 heteroatoms. The minimum Gasteiger partial charge on any atom is -0.295 e. The number of nitrogens with one attached hydrogen (secondary N) is 2. The van der Waals surface area contributed by atoms with Gasteiger partial charge in [-0.05, 0) is 36.8 Å². The fraction of sp³-hybridized carbons (Fsp3) is 0.158. The van der Waals surface area contributed by atoms with Crippen LogP contribution in [0.3, 0.4) is 0 Å². The summed E-state index contributed by atoms with van der Waals surface area (Å²) in [5, 5.41) is 2.14. The normalized spacial score (nSPS) is 19.0. The molecule has 2 aromatic rings. The number of fused-ring (bicyclic) bond motifs is 1. The van der Waals surface area contributed by atoms with E-state index >= 15 is 0 Å². The number of hydrogen-bond acceptors (Lipinski definition) is 6. The second kappa shape index (κ2) is 7.22. The highest BCUT2D eigenvalue weighted by Gasteiger charge is 2.44. The van der Waals surface area contributed by atoms with Gasteiger partial charge in [0.15, 0.2) is 0 Å². The number of anilines is 1. The van der Waals surface area contributed by atoms with E-state index in [0.29, 0.717) is 0 Å². The highest BCUT2D eigenvalue weighted by molar-refractivity contribution is 7.92. The smallest absolute Gasteiger partial charge is 0.263 e. The van der Waals surface area contributed by atoms with Crippen molar-refractivity contribution in [2.75, 3.05) is 4.72 Å². The number of carbonyl (C=O) groups is 4. The van der Waals surface area contributed by atoms with Gasteiger partial charge >= 0.3 is 0 Å². The maximum Gasteiger partial charge on any atom is 0.263 e. The van der Waals surface area contributed by atoms with Crippen LogP contribution in [0.1, 0.15) is 33.6 Å². The minimum atomic E-state index is -4.03. The Kier molecular flexibility index (Phi) is 4.83. The predicted molar refractivity (Wildman–Crippen MR) is 105 cm³/mol. The summed E-state index contributed by atoms with van der Waals surface area (Å²) in [6, 6.07) is 8.65. The quantitative estimate of drug-likeness (QED) is 0.684. The van der Waals surface area contributed by atoms with Gasteiger partial charge in [0, 0.05) is 12.1 Å². The summed E-state index contributed by atoms with van der Waals surface area (Å²) in [6.07, 6.45) is 0.0365. The van der Waals surface area contributed by atoms with Gasteiger partial charge in [0.2, 0.25) is 11.8 Å². The van der Waals surface area contributed by atoms with E-state index in [9.17, 15) is 27.6 Å². The molecule has 0 saturated carbocycles.